The summed E-state index contributed by atoms with van der Waals surface area (Å²) >= 11 is 0. The average Bonchev–Trinajstić information content (AvgIpc) is 3.67. The van der Waals surface area contributed by atoms with Crippen LogP contribution < -0.4 is 9.47 Å². The van der Waals surface area contributed by atoms with E-state index in [0.717, 1.165) is 19.0 Å². The van der Waals surface area contributed by atoms with E-state index in [4.69, 9.17) is 13.6 Å². The van der Waals surface area contributed by atoms with Gasteiger partial charge < -0.3 is 19.1 Å². The predicted molar refractivity (Wildman–Crippen MR) is 133 cm³/mol. The van der Waals surface area contributed by atoms with E-state index in [-0.39, 0.29) is 29.1 Å². The fourth-order valence-corrected chi connectivity index (χ4v) is 4.46. The molecule has 0 radical (unpaired) electrons. The number of aryl methyl sites for hydroxylation is 1. The summed E-state index contributed by atoms with van der Waals surface area (Å²) < 4.78 is 74.1. The molecule has 1 aliphatic rings. The number of hydrogen-bond acceptors (Lipinski definition) is 7. The summed E-state index contributed by atoms with van der Waals surface area (Å²) in [5, 5.41) is 11.8. The quantitative estimate of drug-likeness (QED) is 0.356. The number of nitrogens with zero attached hydrogens (tertiary/aromatic N) is 5. The molecule has 0 spiro atoms. The lowest BCUT2D eigenvalue weighted by atomic mass is 9.86. The Labute approximate surface area is 221 Å². The van der Waals surface area contributed by atoms with E-state index in [2.05, 4.69) is 19.9 Å². The van der Waals surface area contributed by atoms with Crippen molar-refractivity contribution in [2.75, 3.05) is 14.1 Å². The molecule has 1 aliphatic carbocycles. The first-order valence-electron chi connectivity index (χ1n) is 13.2. The van der Waals surface area contributed by atoms with Gasteiger partial charge in [-0.3, -0.25) is 4.98 Å². The Hall–Kier alpha value is -3.99. The van der Waals surface area contributed by atoms with E-state index in [1.165, 1.54) is 38.2 Å². The van der Waals surface area contributed by atoms with Crippen molar-refractivity contribution in [3.8, 4) is 34.3 Å². The Kier molecular flexibility index (Phi) is 5.45. The highest BCUT2D eigenvalue weighted by molar-refractivity contribution is 5.70. The second-order valence-electron chi connectivity index (χ2n) is 9.29. The first kappa shape index (κ1) is 22.0. The van der Waals surface area contributed by atoms with Crippen LogP contribution in [0.25, 0.3) is 22.6 Å². The van der Waals surface area contributed by atoms with Gasteiger partial charge >= 0.3 is 6.18 Å². The molecule has 1 atom stereocenters. The summed E-state index contributed by atoms with van der Waals surface area (Å²) in [6.45, 7) is 1.54. The van der Waals surface area contributed by atoms with Crippen molar-refractivity contribution in [1.29, 1.82) is 0 Å². The largest absolute Gasteiger partial charge is 0.495 e. The van der Waals surface area contributed by atoms with Crippen molar-refractivity contribution in [1.82, 2.24) is 24.5 Å². The number of aromatic nitrogens is 5. The van der Waals surface area contributed by atoms with Crippen LogP contribution in [-0.4, -0.2) is 43.8 Å². The number of halogens is 3. The summed E-state index contributed by atoms with van der Waals surface area (Å²) in [6.07, 6.45) is 0.723. The molecule has 1 aromatic carbocycles. The highest BCUT2D eigenvalue weighted by Gasteiger charge is 2.36. The zero-order valence-electron chi connectivity index (χ0n) is 23.7. The van der Waals surface area contributed by atoms with Gasteiger partial charge in [0.1, 0.15) is 23.5 Å². The van der Waals surface area contributed by atoms with E-state index >= 15 is 0 Å². The second-order valence-corrected chi connectivity index (χ2v) is 9.29. The summed E-state index contributed by atoms with van der Waals surface area (Å²) in [4.78, 5) is 16.6. The monoisotopic (exact) mass is 528 g/mol. The van der Waals surface area contributed by atoms with E-state index < -0.39 is 24.5 Å². The van der Waals surface area contributed by atoms with Crippen LogP contribution in [0.2, 0.25) is 0 Å². The predicted octanol–water partition coefficient (Wildman–Crippen LogP) is 5.11. The van der Waals surface area contributed by atoms with Crippen molar-refractivity contribution in [2.45, 2.75) is 37.5 Å². The van der Waals surface area contributed by atoms with Crippen molar-refractivity contribution >= 4 is 0 Å². The molecule has 0 amide bonds. The number of methoxy groups -OCH3 is 2. The van der Waals surface area contributed by atoms with Crippen LogP contribution in [-0.2, 0) is 18.8 Å². The van der Waals surface area contributed by atoms with E-state index in [1.54, 1.807) is 30.3 Å². The third-order valence-electron chi connectivity index (χ3n) is 6.64. The summed E-state index contributed by atoms with van der Waals surface area (Å²) in [6, 6.07) is 7.87. The molecule has 11 heteroatoms. The zero-order chi connectivity index (χ0) is 29.7. The highest BCUT2D eigenvalue weighted by atomic mass is 19.4. The number of alkyl halides is 3. The van der Waals surface area contributed by atoms with Gasteiger partial charge in [0.05, 0.1) is 41.4 Å². The fraction of sp³-hybridized carbons (Fsp3) is 0.333. The second kappa shape index (κ2) is 9.39. The molecule has 0 bridgehead atoms. The molecular weight excluding hydrogens is 499 g/mol. The van der Waals surface area contributed by atoms with Crippen molar-refractivity contribution in [2.24, 2.45) is 7.05 Å². The van der Waals surface area contributed by atoms with E-state index in [9.17, 15) is 18.3 Å². The SMILES string of the molecule is [2H]C([2H])([2H])Oc1ncnc(C2CC2)c1-c1cc(C(C)(O)c2ccc(-c3nc(C(F)(F)F)cn3C)cc2)c(OC)cn1. The maximum atomic E-state index is 13.1. The normalized spacial score (nSPS) is 16.8. The molecule has 198 valence electrons. The van der Waals surface area contributed by atoms with Gasteiger partial charge in [0, 0.05) is 30.3 Å². The van der Waals surface area contributed by atoms with Gasteiger partial charge in [0.15, 0.2) is 5.69 Å². The van der Waals surface area contributed by atoms with Gasteiger partial charge in [-0.25, -0.2) is 15.0 Å². The van der Waals surface area contributed by atoms with Crippen LogP contribution in [0.1, 0.15) is 52.3 Å². The van der Waals surface area contributed by atoms with Crippen molar-refractivity contribution in [3.05, 3.63) is 71.6 Å². The Morgan fingerprint density at radius 3 is 2.45 bits per heavy atom. The number of pyridine rings is 1. The molecule has 8 nitrogen and oxygen atoms in total. The Morgan fingerprint density at radius 2 is 1.84 bits per heavy atom. The lowest BCUT2D eigenvalue weighted by molar-refractivity contribution is -0.140. The standard InChI is InChI=1S/C27H26F3N5O3/c1-26(36,17-9-7-16(8-10-17)24-34-21(13-35(24)2)27(28,29)30)18-11-19(31-12-20(18)37-3)22-23(15-5-6-15)32-14-33-25(22)38-4/h7-15,36H,5-6H2,1-4H3/i4D3. The lowest BCUT2D eigenvalue weighted by Gasteiger charge is -2.27. The Morgan fingerprint density at radius 1 is 1.11 bits per heavy atom. The molecule has 38 heavy (non-hydrogen) atoms. The minimum atomic E-state index is -4.58. The van der Waals surface area contributed by atoms with Crippen LogP contribution in [0, 0.1) is 0 Å². The number of aliphatic hydroxyl groups is 1. The molecule has 1 fully saturated rings. The number of imidazole rings is 1. The zero-order valence-corrected chi connectivity index (χ0v) is 20.7. The Bertz CT molecular complexity index is 1580. The van der Waals surface area contributed by atoms with Crippen LogP contribution in [0.4, 0.5) is 13.2 Å². The molecular formula is C27H26F3N5O3. The molecule has 1 unspecified atom stereocenters. The number of ether oxygens (including phenoxy) is 2. The van der Waals surface area contributed by atoms with Gasteiger partial charge in [-0.05, 0) is 31.4 Å². The summed E-state index contributed by atoms with van der Waals surface area (Å²) in [5.74, 6) is 0.315. The molecule has 0 aliphatic heterocycles. The summed E-state index contributed by atoms with van der Waals surface area (Å²) in [7, 11) is 0.127. The smallest absolute Gasteiger partial charge is 0.434 e. The van der Waals surface area contributed by atoms with Gasteiger partial charge in [-0.2, -0.15) is 13.2 Å². The highest BCUT2D eigenvalue weighted by Crippen LogP contribution is 2.46. The van der Waals surface area contributed by atoms with Crippen LogP contribution >= 0.6 is 0 Å². The molecule has 0 saturated heterocycles. The third-order valence-corrected chi connectivity index (χ3v) is 6.64. The van der Waals surface area contributed by atoms with Gasteiger partial charge in [0.2, 0.25) is 5.88 Å². The Balaban J connectivity index is 1.56. The number of rotatable bonds is 7. The third kappa shape index (κ3) is 4.58. The average molecular weight is 529 g/mol. The molecule has 5 rings (SSSR count). The molecule has 4 aromatic rings. The fourth-order valence-electron chi connectivity index (χ4n) is 4.46. The number of hydrogen-bond donors (Lipinski definition) is 1. The van der Waals surface area contributed by atoms with Crippen molar-refractivity contribution in [3.63, 3.8) is 0 Å². The van der Waals surface area contributed by atoms with Crippen LogP contribution in [0.3, 0.4) is 0 Å². The topological polar surface area (TPSA) is 95.2 Å². The molecule has 1 N–H and O–H groups in total. The number of benzene rings is 1. The van der Waals surface area contributed by atoms with E-state index in [0.29, 0.717) is 27.9 Å². The van der Waals surface area contributed by atoms with Crippen LogP contribution in [0.15, 0.2) is 49.1 Å². The van der Waals surface area contributed by atoms with Gasteiger partial charge in [-0.15, -0.1) is 0 Å². The maximum Gasteiger partial charge on any atom is 0.434 e. The van der Waals surface area contributed by atoms with E-state index in [1.807, 2.05) is 0 Å². The molecule has 3 aromatic heterocycles. The lowest BCUT2D eigenvalue weighted by Crippen LogP contribution is -2.24. The first-order chi connectivity index (χ1) is 19.2. The summed E-state index contributed by atoms with van der Waals surface area (Å²) in [5.41, 5.74) is -0.332. The molecule has 1 saturated carbocycles. The first-order valence-corrected chi connectivity index (χ1v) is 11.7. The minimum absolute atomic E-state index is 0.0938. The maximum absolute atomic E-state index is 13.1. The van der Waals surface area contributed by atoms with Crippen molar-refractivity contribution < 1.29 is 31.9 Å². The molecule has 3 heterocycles. The van der Waals surface area contributed by atoms with Crippen LogP contribution in [0.5, 0.6) is 11.6 Å². The minimum Gasteiger partial charge on any atom is -0.495 e. The van der Waals surface area contributed by atoms with Gasteiger partial charge in [-0.1, -0.05) is 24.3 Å². The van der Waals surface area contributed by atoms with Gasteiger partial charge in [0.25, 0.3) is 0 Å².